The van der Waals surface area contributed by atoms with Gasteiger partial charge in [-0.25, -0.2) is 4.39 Å². The average molecular weight is 504 g/mol. The second-order valence-electron chi connectivity index (χ2n) is 8.61. The normalized spacial score (nSPS) is 18.5. The number of fused-ring (bicyclic) bond motifs is 3. The monoisotopic (exact) mass is 503 g/mol. The van der Waals surface area contributed by atoms with Crippen molar-refractivity contribution in [2.45, 2.75) is 42.8 Å². The van der Waals surface area contributed by atoms with Crippen LogP contribution in [0.1, 0.15) is 45.7 Å². The van der Waals surface area contributed by atoms with Crippen LogP contribution in [0.2, 0.25) is 0 Å². The van der Waals surface area contributed by atoms with Crippen molar-refractivity contribution in [2.75, 3.05) is 11.7 Å². The number of carbonyl (C=O) groups is 1. The molecule has 0 spiro atoms. The zero-order chi connectivity index (χ0) is 25.1. The third-order valence-corrected chi connectivity index (χ3v) is 7.75. The molecule has 2 aliphatic rings. The van der Waals surface area contributed by atoms with Crippen molar-refractivity contribution in [2.24, 2.45) is 0 Å². The van der Waals surface area contributed by atoms with Crippen LogP contribution in [0, 0.1) is 12.7 Å². The molecule has 1 amide bonds. The highest BCUT2D eigenvalue weighted by Gasteiger charge is 2.47. The molecular weight excluding hydrogens is 482 g/mol. The molecule has 3 heterocycles. The van der Waals surface area contributed by atoms with Crippen molar-refractivity contribution in [1.29, 1.82) is 0 Å². The lowest BCUT2D eigenvalue weighted by molar-refractivity contribution is -0.173. The summed E-state index contributed by atoms with van der Waals surface area (Å²) in [5.74, 6) is -0.908. The van der Waals surface area contributed by atoms with Crippen LogP contribution < -0.4 is 10.4 Å². The maximum atomic E-state index is 15.4. The Morgan fingerprint density at radius 3 is 2.54 bits per heavy atom. The van der Waals surface area contributed by atoms with Crippen LogP contribution >= 0.6 is 11.8 Å². The standard InChI is InChI=1S/C25H21F4N3O2S/c1-14-19(33)10-11-31-22(14)24(34)30(15(2)25(27,28)29)13-32(31)23-17-7-3-4-9-20(17)35-12-16-6-5-8-18(26)21(16)23/h3-11,15,23H,12-13H2,1-2H3/t15-,23+/m0/s1. The van der Waals surface area contributed by atoms with Gasteiger partial charge in [-0.2, -0.15) is 13.2 Å². The molecule has 2 aromatic carbocycles. The molecule has 2 atom stereocenters. The molecule has 0 radical (unpaired) electrons. The van der Waals surface area contributed by atoms with E-state index in [1.165, 1.54) is 46.7 Å². The summed E-state index contributed by atoms with van der Waals surface area (Å²) in [6.07, 6.45) is -3.31. The van der Waals surface area contributed by atoms with Crippen LogP contribution in [-0.2, 0) is 5.75 Å². The van der Waals surface area contributed by atoms with Gasteiger partial charge in [-0.3, -0.25) is 19.3 Å². The number of hydrogen-bond acceptors (Lipinski definition) is 4. The first-order valence-electron chi connectivity index (χ1n) is 11.0. The summed E-state index contributed by atoms with van der Waals surface area (Å²) in [5, 5.41) is 1.54. The second kappa shape index (κ2) is 8.44. The predicted octanol–water partition coefficient (Wildman–Crippen LogP) is 4.99. The maximum Gasteiger partial charge on any atom is 0.408 e. The van der Waals surface area contributed by atoms with Crippen molar-refractivity contribution in [3.8, 4) is 0 Å². The molecule has 182 valence electrons. The van der Waals surface area contributed by atoms with E-state index in [4.69, 9.17) is 0 Å². The Hall–Kier alpha value is -3.27. The quantitative estimate of drug-likeness (QED) is 0.462. The molecule has 1 aromatic heterocycles. The number of rotatable bonds is 2. The Morgan fingerprint density at radius 1 is 1.06 bits per heavy atom. The summed E-state index contributed by atoms with van der Waals surface area (Å²) >= 11 is 1.51. The molecule has 35 heavy (non-hydrogen) atoms. The van der Waals surface area contributed by atoms with Crippen LogP contribution in [-0.4, -0.2) is 34.4 Å². The number of aromatic nitrogens is 1. The molecule has 0 fully saturated rings. The molecule has 2 aliphatic heterocycles. The second-order valence-corrected chi connectivity index (χ2v) is 9.63. The molecule has 0 aliphatic carbocycles. The maximum absolute atomic E-state index is 15.4. The van der Waals surface area contributed by atoms with Crippen LogP contribution in [0.15, 0.2) is 64.4 Å². The van der Waals surface area contributed by atoms with Crippen molar-refractivity contribution in [3.63, 3.8) is 0 Å². The largest absolute Gasteiger partial charge is 0.408 e. The number of benzene rings is 2. The molecule has 0 unspecified atom stereocenters. The van der Waals surface area contributed by atoms with Crippen molar-refractivity contribution < 1.29 is 22.4 Å². The Morgan fingerprint density at radius 2 is 1.80 bits per heavy atom. The molecular formula is C25H21F4N3O2S. The van der Waals surface area contributed by atoms with E-state index in [0.717, 1.165) is 11.8 Å². The van der Waals surface area contributed by atoms with E-state index in [-0.39, 0.29) is 11.3 Å². The van der Waals surface area contributed by atoms with Crippen molar-refractivity contribution in [3.05, 3.63) is 98.7 Å². The highest BCUT2D eigenvalue weighted by Crippen LogP contribution is 2.44. The Balaban J connectivity index is 1.80. The first-order chi connectivity index (χ1) is 16.6. The lowest BCUT2D eigenvalue weighted by Crippen LogP contribution is -2.60. The molecule has 0 saturated carbocycles. The summed E-state index contributed by atoms with van der Waals surface area (Å²) < 4.78 is 58.2. The van der Waals surface area contributed by atoms with E-state index >= 15 is 4.39 Å². The van der Waals surface area contributed by atoms with Crippen molar-refractivity contribution >= 4 is 17.7 Å². The van der Waals surface area contributed by atoms with E-state index in [9.17, 15) is 22.8 Å². The average Bonchev–Trinajstić information content (AvgIpc) is 2.98. The lowest BCUT2D eigenvalue weighted by atomic mass is 9.93. The number of nitrogens with zero attached hydrogens (tertiary/aromatic N) is 3. The minimum absolute atomic E-state index is 0.0339. The Bertz CT molecular complexity index is 1390. The summed E-state index contributed by atoms with van der Waals surface area (Å²) in [5.41, 5.74) is 1.16. The van der Waals surface area contributed by atoms with Gasteiger partial charge >= 0.3 is 6.18 Å². The van der Waals surface area contributed by atoms with E-state index in [1.54, 1.807) is 18.2 Å². The number of pyridine rings is 1. The zero-order valence-corrected chi connectivity index (χ0v) is 19.7. The molecule has 5 rings (SSSR count). The van der Waals surface area contributed by atoms with Crippen molar-refractivity contribution in [1.82, 2.24) is 9.58 Å². The van der Waals surface area contributed by atoms with Gasteiger partial charge in [0.05, 0.1) is 0 Å². The lowest BCUT2D eigenvalue weighted by Gasteiger charge is -2.46. The highest BCUT2D eigenvalue weighted by atomic mass is 32.2. The highest BCUT2D eigenvalue weighted by molar-refractivity contribution is 7.98. The number of alkyl halides is 3. The fourth-order valence-electron chi connectivity index (χ4n) is 4.68. The number of hydrogen-bond donors (Lipinski definition) is 0. The first kappa shape index (κ1) is 23.5. The molecule has 10 heteroatoms. The number of carbonyl (C=O) groups excluding carboxylic acids is 1. The summed E-state index contributed by atoms with van der Waals surface area (Å²) in [7, 11) is 0. The summed E-state index contributed by atoms with van der Waals surface area (Å²) in [6, 6.07) is 10.4. The van der Waals surface area contributed by atoms with Gasteiger partial charge in [0.1, 0.15) is 30.3 Å². The molecule has 0 bridgehead atoms. The zero-order valence-electron chi connectivity index (χ0n) is 18.8. The third kappa shape index (κ3) is 3.80. The van der Waals surface area contributed by atoms with Gasteiger partial charge in [0.2, 0.25) is 0 Å². The number of thioether (sulfide) groups is 1. The number of amides is 1. The van der Waals surface area contributed by atoms with Gasteiger partial charge < -0.3 is 4.90 Å². The fraction of sp³-hybridized carbons (Fsp3) is 0.280. The van der Waals surface area contributed by atoms with Crippen LogP contribution in [0.25, 0.3) is 0 Å². The van der Waals surface area contributed by atoms with Crippen LogP contribution in [0.5, 0.6) is 0 Å². The minimum Gasteiger partial charge on any atom is -0.306 e. The minimum atomic E-state index is -4.69. The molecule has 5 nitrogen and oxygen atoms in total. The smallest absolute Gasteiger partial charge is 0.306 e. The fourth-order valence-corrected chi connectivity index (χ4v) is 5.76. The predicted molar refractivity (Wildman–Crippen MR) is 124 cm³/mol. The van der Waals surface area contributed by atoms with Gasteiger partial charge in [0, 0.05) is 34.0 Å². The summed E-state index contributed by atoms with van der Waals surface area (Å²) in [4.78, 5) is 27.3. The van der Waals surface area contributed by atoms with E-state index in [2.05, 4.69) is 0 Å². The van der Waals surface area contributed by atoms with Crippen LogP contribution in [0.4, 0.5) is 17.6 Å². The van der Waals surface area contributed by atoms with E-state index < -0.39 is 42.1 Å². The summed E-state index contributed by atoms with van der Waals surface area (Å²) in [6.45, 7) is 1.87. The molecule has 0 saturated heterocycles. The van der Waals surface area contributed by atoms with Gasteiger partial charge in [-0.15, -0.1) is 11.8 Å². The van der Waals surface area contributed by atoms with Gasteiger partial charge in [0.15, 0.2) is 5.43 Å². The number of halogens is 4. The van der Waals surface area contributed by atoms with Gasteiger partial charge in [0.25, 0.3) is 5.91 Å². The van der Waals surface area contributed by atoms with E-state index in [0.29, 0.717) is 27.3 Å². The Kier molecular flexibility index (Phi) is 5.66. The van der Waals surface area contributed by atoms with E-state index in [1.807, 2.05) is 18.2 Å². The Labute approximate surface area is 202 Å². The SMILES string of the molecule is Cc1c2n(ccc1=O)N([C@@H]1c3ccccc3SCc3cccc(F)c31)CN([C@@H](C)C(F)(F)F)C2=O. The third-order valence-electron chi connectivity index (χ3n) is 6.61. The van der Waals surface area contributed by atoms with Crippen LogP contribution in [0.3, 0.4) is 0 Å². The molecule has 3 aromatic rings. The van der Waals surface area contributed by atoms with Gasteiger partial charge in [-0.05, 0) is 37.1 Å². The topological polar surface area (TPSA) is 45.6 Å². The van der Waals surface area contributed by atoms with Gasteiger partial charge in [-0.1, -0.05) is 30.3 Å². The molecule has 0 N–H and O–H groups in total. The first-order valence-corrected chi connectivity index (χ1v) is 11.9.